The molecular weight excluding hydrogens is 340 g/mol. The fourth-order valence-corrected chi connectivity index (χ4v) is 3.80. The van der Waals surface area contributed by atoms with Crippen LogP contribution in [0.3, 0.4) is 0 Å². The number of benzene rings is 3. The van der Waals surface area contributed by atoms with E-state index in [2.05, 4.69) is 76.5 Å². The number of nitrogens with zero attached hydrogens (tertiary/aromatic N) is 2. The van der Waals surface area contributed by atoms with E-state index in [0.717, 1.165) is 43.4 Å². The first-order valence-corrected chi connectivity index (χ1v) is 9.53. The van der Waals surface area contributed by atoms with E-state index in [1.54, 1.807) is 0 Å². The molecule has 1 saturated heterocycles. The zero-order valence-electron chi connectivity index (χ0n) is 14.8. The summed E-state index contributed by atoms with van der Waals surface area (Å²) in [6.45, 7) is 5.17. The van der Waals surface area contributed by atoms with Gasteiger partial charge in [-0.15, -0.1) is 0 Å². The molecule has 0 radical (unpaired) electrons. The summed E-state index contributed by atoms with van der Waals surface area (Å²) in [6, 6.07) is 27.6. The summed E-state index contributed by atoms with van der Waals surface area (Å²) in [4.78, 5) is 4.90. The van der Waals surface area contributed by atoms with E-state index in [4.69, 9.17) is 11.6 Å². The molecule has 2 nitrogen and oxygen atoms in total. The second-order valence-corrected chi connectivity index (χ2v) is 7.18. The van der Waals surface area contributed by atoms with Gasteiger partial charge in [-0.05, 0) is 28.8 Å². The highest BCUT2D eigenvalue weighted by Gasteiger charge is 2.18. The molecule has 0 unspecified atom stereocenters. The van der Waals surface area contributed by atoms with Gasteiger partial charge in [-0.25, -0.2) is 0 Å². The molecule has 0 saturated carbocycles. The molecule has 132 valence electrons. The van der Waals surface area contributed by atoms with Crippen LogP contribution >= 0.6 is 11.6 Å². The standard InChI is InChI=1S/C23H23ClN2/c24-22-8-4-5-9-23(22)26-16-14-25(15-17-26)18-19-10-12-21(13-11-19)20-6-2-1-3-7-20/h1-13H,14-18H2. The van der Waals surface area contributed by atoms with E-state index in [9.17, 15) is 0 Å². The van der Waals surface area contributed by atoms with Crippen LogP contribution in [0.4, 0.5) is 5.69 Å². The largest absolute Gasteiger partial charge is 0.368 e. The third kappa shape index (κ3) is 3.92. The molecule has 3 aromatic carbocycles. The van der Waals surface area contributed by atoms with Gasteiger partial charge >= 0.3 is 0 Å². The molecule has 1 heterocycles. The predicted octanol–water partition coefficient (Wildman–Crippen LogP) is 5.33. The highest BCUT2D eigenvalue weighted by molar-refractivity contribution is 6.33. The Labute approximate surface area is 160 Å². The van der Waals surface area contributed by atoms with E-state index < -0.39 is 0 Å². The molecule has 0 bridgehead atoms. The van der Waals surface area contributed by atoms with Crippen molar-refractivity contribution in [3.05, 3.63) is 89.4 Å². The first kappa shape index (κ1) is 17.1. The van der Waals surface area contributed by atoms with Gasteiger partial charge in [0.15, 0.2) is 0 Å². The van der Waals surface area contributed by atoms with Crippen molar-refractivity contribution < 1.29 is 0 Å². The van der Waals surface area contributed by atoms with Gasteiger partial charge in [0.2, 0.25) is 0 Å². The van der Waals surface area contributed by atoms with Crippen LogP contribution in [0.25, 0.3) is 11.1 Å². The molecule has 0 aliphatic carbocycles. The Morgan fingerprint density at radius 1 is 0.654 bits per heavy atom. The fourth-order valence-electron chi connectivity index (χ4n) is 3.55. The van der Waals surface area contributed by atoms with Crippen molar-refractivity contribution in [2.45, 2.75) is 6.54 Å². The number of halogens is 1. The topological polar surface area (TPSA) is 6.48 Å². The zero-order chi connectivity index (χ0) is 17.8. The molecule has 3 aromatic rings. The molecule has 1 aliphatic rings. The van der Waals surface area contributed by atoms with Crippen LogP contribution in [0.2, 0.25) is 5.02 Å². The minimum atomic E-state index is 0.845. The Balaban J connectivity index is 1.35. The fraction of sp³-hybridized carbons (Fsp3) is 0.217. The summed E-state index contributed by atoms with van der Waals surface area (Å²) >= 11 is 6.33. The number of piperazine rings is 1. The smallest absolute Gasteiger partial charge is 0.0639 e. The highest BCUT2D eigenvalue weighted by atomic mass is 35.5. The predicted molar refractivity (Wildman–Crippen MR) is 111 cm³/mol. The summed E-state index contributed by atoms with van der Waals surface area (Å²) in [5.74, 6) is 0. The summed E-state index contributed by atoms with van der Waals surface area (Å²) in [5, 5.41) is 0.845. The molecule has 0 atom stereocenters. The molecule has 0 spiro atoms. The molecule has 0 N–H and O–H groups in total. The van der Waals surface area contributed by atoms with Gasteiger partial charge in [-0.3, -0.25) is 4.90 Å². The van der Waals surface area contributed by atoms with Gasteiger partial charge in [-0.1, -0.05) is 78.3 Å². The third-order valence-electron chi connectivity index (χ3n) is 5.03. The lowest BCUT2D eigenvalue weighted by molar-refractivity contribution is 0.250. The average molecular weight is 363 g/mol. The molecule has 1 aliphatic heterocycles. The first-order chi connectivity index (χ1) is 12.8. The first-order valence-electron chi connectivity index (χ1n) is 9.16. The maximum absolute atomic E-state index is 6.33. The Hall–Kier alpha value is -2.29. The minimum Gasteiger partial charge on any atom is -0.368 e. The lowest BCUT2D eigenvalue weighted by Crippen LogP contribution is -2.46. The lowest BCUT2D eigenvalue weighted by Gasteiger charge is -2.36. The summed E-state index contributed by atoms with van der Waals surface area (Å²) < 4.78 is 0. The molecular formula is C23H23ClN2. The molecule has 4 rings (SSSR count). The monoisotopic (exact) mass is 362 g/mol. The van der Waals surface area contributed by atoms with Crippen LogP contribution in [0.1, 0.15) is 5.56 Å². The Kier molecular flexibility index (Phi) is 5.24. The number of rotatable bonds is 4. The van der Waals surface area contributed by atoms with Crippen molar-refractivity contribution in [1.29, 1.82) is 0 Å². The van der Waals surface area contributed by atoms with Crippen molar-refractivity contribution in [3.63, 3.8) is 0 Å². The Bertz CT molecular complexity index is 838. The van der Waals surface area contributed by atoms with E-state index in [-0.39, 0.29) is 0 Å². The van der Waals surface area contributed by atoms with Crippen LogP contribution < -0.4 is 4.90 Å². The average Bonchev–Trinajstić information content (AvgIpc) is 2.70. The summed E-state index contributed by atoms with van der Waals surface area (Å²) in [6.07, 6.45) is 0. The molecule has 0 amide bonds. The van der Waals surface area contributed by atoms with Crippen LogP contribution in [-0.2, 0) is 6.54 Å². The second kappa shape index (κ2) is 7.94. The van der Waals surface area contributed by atoms with E-state index in [1.165, 1.54) is 16.7 Å². The van der Waals surface area contributed by atoms with Gasteiger partial charge in [-0.2, -0.15) is 0 Å². The minimum absolute atomic E-state index is 0.845. The quantitative estimate of drug-likeness (QED) is 0.619. The van der Waals surface area contributed by atoms with Gasteiger partial charge in [0.05, 0.1) is 10.7 Å². The summed E-state index contributed by atoms with van der Waals surface area (Å²) in [5.41, 5.74) is 5.07. The van der Waals surface area contributed by atoms with Crippen molar-refractivity contribution in [2.24, 2.45) is 0 Å². The lowest BCUT2D eigenvalue weighted by atomic mass is 10.0. The number of hydrogen-bond donors (Lipinski definition) is 0. The normalized spacial score (nSPS) is 15.2. The zero-order valence-corrected chi connectivity index (χ0v) is 15.6. The number of hydrogen-bond acceptors (Lipinski definition) is 2. The Morgan fingerprint density at radius 3 is 1.96 bits per heavy atom. The van der Waals surface area contributed by atoms with Crippen LogP contribution in [0, 0.1) is 0 Å². The maximum atomic E-state index is 6.33. The second-order valence-electron chi connectivity index (χ2n) is 6.78. The van der Waals surface area contributed by atoms with Crippen LogP contribution in [0.5, 0.6) is 0 Å². The molecule has 26 heavy (non-hydrogen) atoms. The van der Waals surface area contributed by atoms with E-state index >= 15 is 0 Å². The number of anilines is 1. The van der Waals surface area contributed by atoms with Gasteiger partial charge in [0, 0.05) is 32.7 Å². The molecule has 3 heteroatoms. The van der Waals surface area contributed by atoms with Gasteiger partial charge in [0.25, 0.3) is 0 Å². The van der Waals surface area contributed by atoms with E-state index in [1.807, 2.05) is 12.1 Å². The molecule has 1 fully saturated rings. The van der Waals surface area contributed by atoms with E-state index in [0.29, 0.717) is 0 Å². The SMILES string of the molecule is Clc1ccccc1N1CCN(Cc2ccc(-c3ccccc3)cc2)CC1. The van der Waals surface area contributed by atoms with Crippen molar-refractivity contribution >= 4 is 17.3 Å². The maximum Gasteiger partial charge on any atom is 0.0639 e. The third-order valence-corrected chi connectivity index (χ3v) is 5.35. The summed E-state index contributed by atoms with van der Waals surface area (Å²) in [7, 11) is 0. The van der Waals surface area contributed by atoms with Gasteiger partial charge < -0.3 is 4.90 Å². The van der Waals surface area contributed by atoms with Gasteiger partial charge in [0.1, 0.15) is 0 Å². The van der Waals surface area contributed by atoms with Crippen molar-refractivity contribution in [3.8, 4) is 11.1 Å². The highest BCUT2D eigenvalue weighted by Crippen LogP contribution is 2.26. The van der Waals surface area contributed by atoms with Crippen molar-refractivity contribution in [1.82, 2.24) is 4.90 Å². The van der Waals surface area contributed by atoms with Crippen LogP contribution in [-0.4, -0.2) is 31.1 Å². The molecule has 0 aromatic heterocycles. The Morgan fingerprint density at radius 2 is 1.27 bits per heavy atom. The van der Waals surface area contributed by atoms with Crippen molar-refractivity contribution in [2.75, 3.05) is 31.1 Å². The van der Waals surface area contributed by atoms with Crippen LogP contribution in [0.15, 0.2) is 78.9 Å². The number of para-hydroxylation sites is 1.